The summed E-state index contributed by atoms with van der Waals surface area (Å²) in [5.41, 5.74) is 0. The number of hydrogen-bond acceptors (Lipinski definition) is 10. The number of amides is 1. The van der Waals surface area contributed by atoms with Gasteiger partial charge in [-0.2, -0.15) is 0 Å². The molecule has 10 atom stereocenters. The molecule has 152 valence electrons. The first kappa shape index (κ1) is 21.4. The van der Waals surface area contributed by atoms with Gasteiger partial charge in [-0.25, -0.2) is 0 Å². The molecule has 2 aliphatic rings. The highest BCUT2D eigenvalue weighted by atomic mass is 16.6. The second-order valence-corrected chi connectivity index (χ2v) is 6.73. The van der Waals surface area contributed by atoms with E-state index in [1.54, 1.807) is 0 Å². The van der Waals surface area contributed by atoms with Crippen molar-refractivity contribution < 1.29 is 50.0 Å². The highest BCUT2D eigenvalue weighted by molar-refractivity contribution is 5.73. The van der Waals surface area contributed by atoms with Crippen LogP contribution in [-0.4, -0.2) is 110 Å². The molecule has 26 heavy (non-hydrogen) atoms. The second kappa shape index (κ2) is 8.87. The number of ether oxygens (including phenoxy) is 2. The summed E-state index contributed by atoms with van der Waals surface area (Å²) in [5, 5.41) is 70.9. The molecule has 0 spiro atoms. The molecule has 0 aromatic carbocycles. The van der Waals surface area contributed by atoms with Crippen LogP contribution < -0.4 is 5.32 Å². The van der Waals surface area contributed by atoms with Crippen LogP contribution in [0.3, 0.4) is 0 Å². The Bertz CT molecular complexity index is 477. The van der Waals surface area contributed by atoms with E-state index in [9.17, 15) is 40.5 Å². The topological polar surface area (TPSA) is 189 Å². The first-order valence-electron chi connectivity index (χ1n) is 8.41. The number of carbonyl (C=O) groups is 1. The zero-order chi connectivity index (χ0) is 19.6. The Labute approximate surface area is 149 Å². The fourth-order valence-electron chi connectivity index (χ4n) is 3.58. The van der Waals surface area contributed by atoms with Crippen LogP contribution in [0.5, 0.6) is 0 Å². The van der Waals surface area contributed by atoms with Gasteiger partial charge in [-0.15, -0.1) is 0 Å². The summed E-state index contributed by atoms with van der Waals surface area (Å²) in [6, 6.07) is -0.953. The van der Waals surface area contributed by atoms with E-state index in [0.717, 1.165) is 0 Å². The zero-order valence-corrected chi connectivity index (χ0v) is 14.3. The minimum atomic E-state index is -1.57. The summed E-state index contributed by atoms with van der Waals surface area (Å²) in [4.78, 5) is 11.4. The Morgan fingerprint density at radius 3 is 2.19 bits per heavy atom. The summed E-state index contributed by atoms with van der Waals surface area (Å²) in [6.45, 7) is -0.0220. The lowest BCUT2D eigenvalue weighted by molar-refractivity contribution is -0.234. The quantitative estimate of drug-likeness (QED) is 0.222. The standard InChI is InChI=1S/C15H27NO10/c1-5(19)16-10-6(14(7(20)3-17)26-15(10)24)2-8-11(21)13(23)12(22)9(4-18)25-8/h6-15,17-18,20-24H,2-4H2,1H3,(H,16,19)/t6-,7-,8-,9-,10-,11-,12-,13-,14-,15?/m1/s1. The molecule has 11 heteroatoms. The Morgan fingerprint density at radius 2 is 1.65 bits per heavy atom. The fraction of sp³-hybridized carbons (Fsp3) is 0.933. The number of rotatable bonds is 6. The van der Waals surface area contributed by atoms with Gasteiger partial charge in [0.05, 0.1) is 31.5 Å². The molecule has 1 unspecified atom stereocenters. The van der Waals surface area contributed by atoms with E-state index < -0.39 is 80.1 Å². The maximum atomic E-state index is 11.4. The van der Waals surface area contributed by atoms with Gasteiger partial charge in [0.25, 0.3) is 0 Å². The molecule has 2 saturated heterocycles. The molecule has 2 rings (SSSR count). The van der Waals surface area contributed by atoms with Crippen molar-refractivity contribution in [2.24, 2.45) is 5.92 Å². The molecule has 0 saturated carbocycles. The van der Waals surface area contributed by atoms with Gasteiger partial charge in [0.15, 0.2) is 6.29 Å². The van der Waals surface area contributed by atoms with Crippen LogP contribution in [0.15, 0.2) is 0 Å². The van der Waals surface area contributed by atoms with Crippen LogP contribution in [0.1, 0.15) is 13.3 Å². The molecule has 2 heterocycles. The van der Waals surface area contributed by atoms with Crippen LogP contribution in [0.25, 0.3) is 0 Å². The number of carbonyl (C=O) groups excluding carboxylic acids is 1. The molecule has 0 aromatic rings. The summed E-state index contributed by atoms with van der Waals surface area (Å²) in [7, 11) is 0. The highest BCUT2D eigenvalue weighted by Gasteiger charge is 2.51. The first-order chi connectivity index (χ1) is 12.2. The summed E-state index contributed by atoms with van der Waals surface area (Å²) in [5.74, 6) is -1.24. The van der Waals surface area contributed by atoms with Gasteiger partial charge in [0, 0.05) is 12.8 Å². The maximum Gasteiger partial charge on any atom is 0.217 e. The van der Waals surface area contributed by atoms with Crippen LogP contribution >= 0.6 is 0 Å². The Balaban J connectivity index is 2.21. The van der Waals surface area contributed by atoms with Crippen molar-refractivity contribution in [1.82, 2.24) is 5.32 Å². The largest absolute Gasteiger partial charge is 0.394 e. The van der Waals surface area contributed by atoms with Crippen molar-refractivity contribution in [2.75, 3.05) is 13.2 Å². The molecule has 1 amide bonds. The molecule has 2 fully saturated rings. The first-order valence-corrected chi connectivity index (χ1v) is 8.41. The fourth-order valence-corrected chi connectivity index (χ4v) is 3.58. The van der Waals surface area contributed by atoms with Gasteiger partial charge in [-0.1, -0.05) is 0 Å². The third-order valence-corrected chi connectivity index (χ3v) is 4.92. The van der Waals surface area contributed by atoms with Gasteiger partial charge in [-0.3, -0.25) is 4.79 Å². The van der Waals surface area contributed by atoms with Gasteiger partial charge in [-0.05, 0) is 6.42 Å². The Kier molecular flexibility index (Phi) is 7.30. The van der Waals surface area contributed by atoms with Crippen molar-refractivity contribution in [1.29, 1.82) is 0 Å². The van der Waals surface area contributed by atoms with E-state index in [0.29, 0.717) is 0 Å². The van der Waals surface area contributed by atoms with E-state index in [2.05, 4.69) is 5.32 Å². The van der Waals surface area contributed by atoms with Crippen LogP contribution in [0.4, 0.5) is 0 Å². The maximum absolute atomic E-state index is 11.4. The van der Waals surface area contributed by atoms with E-state index in [1.807, 2.05) is 0 Å². The van der Waals surface area contributed by atoms with Gasteiger partial charge in [0.1, 0.15) is 30.5 Å². The Morgan fingerprint density at radius 1 is 1.04 bits per heavy atom. The van der Waals surface area contributed by atoms with Crippen LogP contribution in [-0.2, 0) is 14.3 Å². The second-order valence-electron chi connectivity index (χ2n) is 6.73. The van der Waals surface area contributed by atoms with Crippen molar-refractivity contribution in [3.63, 3.8) is 0 Å². The average molecular weight is 381 g/mol. The molecular weight excluding hydrogens is 354 g/mol. The van der Waals surface area contributed by atoms with Gasteiger partial charge < -0.3 is 50.5 Å². The van der Waals surface area contributed by atoms with Crippen molar-refractivity contribution in [3.05, 3.63) is 0 Å². The monoisotopic (exact) mass is 381 g/mol. The van der Waals surface area contributed by atoms with Gasteiger partial charge in [0.2, 0.25) is 5.91 Å². The van der Waals surface area contributed by atoms with E-state index in [-0.39, 0.29) is 6.42 Å². The summed E-state index contributed by atoms with van der Waals surface area (Å²) >= 11 is 0. The van der Waals surface area contributed by atoms with E-state index in [1.165, 1.54) is 6.92 Å². The lowest BCUT2D eigenvalue weighted by Gasteiger charge is -2.42. The zero-order valence-electron chi connectivity index (χ0n) is 14.3. The number of aliphatic hydroxyl groups is 7. The molecule has 2 aliphatic heterocycles. The Hall–Kier alpha value is -0.890. The molecule has 11 nitrogen and oxygen atoms in total. The number of nitrogens with one attached hydrogen (secondary N) is 1. The lowest BCUT2D eigenvalue weighted by Crippen LogP contribution is -2.59. The summed E-state index contributed by atoms with van der Waals surface area (Å²) < 4.78 is 10.7. The average Bonchev–Trinajstić information content (AvgIpc) is 2.90. The lowest BCUT2D eigenvalue weighted by atomic mass is 9.83. The molecule has 0 bridgehead atoms. The van der Waals surface area contributed by atoms with Crippen LogP contribution in [0.2, 0.25) is 0 Å². The predicted molar refractivity (Wildman–Crippen MR) is 83.5 cm³/mol. The third-order valence-electron chi connectivity index (χ3n) is 4.92. The molecule has 0 aliphatic carbocycles. The molecule has 0 aromatic heterocycles. The predicted octanol–water partition coefficient (Wildman–Crippen LogP) is -4.59. The molecule has 8 N–H and O–H groups in total. The van der Waals surface area contributed by atoms with Crippen molar-refractivity contribution >= 4 is 5.91 Å². The number of aliphatic hydroxyl groups excluding tert-OH is 7. The van der Waals surface area contributed by atoms with E-state index >= 15 is 0 Å². The van der Waals surface area contributed by atoms with Crippen LogP contribution in [0, 0.1) is 5.92 Å². The van der Waals surface area contributed by atoms with Crippen molar-refractivity contribution in [3.8, 4) is 0 Å². The third kappa shape index (κ3) is 4.32. The highest BCUT2D eigenvalue weighted by Crippen LogP contribution is 2.35. The molecule has 0 radical (unpaired) electrons. The normalized spacial score (nSPS) is 44.7. The van der Waals surface area contributed by atoms with E-state index in [4.69, 9.17) is 9.47 Å². The minimum Gasteiger partial charge on any atom is -0.394 e. The summed E-state index contributed by atoms with van der Waals surface area (Å²) in [6.07, 6.45) is -10.8. The smallest absolute Gasteiger partial charge is 0.217 e. The molecular formula is C15H27NO10. The van der Waals surface area contributed by atoms with Gasteiger partial charge >= 0.3 is 0 Å². The SMILES string of the molecule is CC(=O)N[C@H]1C(O)O[C@@H]([C@H](O)CO)[C@@H]1C[C@H]1O[C@H](CO)[C@@H](O)[C@H](O)[C@@H]1O. The number of hydrogen-bond donors (Lipinski definition) is 8. The minimum absolute atomic E-state index is 0.0921. The van der Waals surface area contributed by atoms with Crippen molar-refractivity contribution in [2.45, 2.75) is 68.4 Å².